The van der Waals surface area contributed by atoms with E-state index in [9.17, 15) is 23.1 Å². The van der Waals surface area contributed by atoms with E-state index in [1.807, 2.05) is 0 Å². The number of carbonyl (C=O) groups is 2. The molecule has 1 aromatic carbocycles. The van der Waals surface area contributed by atoms with Crippen LogP contribution in [0, 0.1) is 0 Å². The third-order valence-electron chi connectivity index (χ3n) is 3.30. The fourth-order valence-electron chi connectivity index (χ4n) is 2.06. The normalized spacial score (nSPS) is 12.5. The molecule has 9 nitrogen and oxygen atoms in total. The minimum absolute atomic E-state index is 0.0922. The molecule has 0 spiro atoms. The molecule has 1 heterocycles. The van der Waals surface area contributed by atoms with Crippen LogP contribution in [0.1, 0.15) is 5.56 Å². The number of amides is 1. The SMILES string of the molecule is Cn1cnc(S(=O)(=O)NCC(=O)N[C@H](Cc2ccccc2)C(=O)O)c1. The summed E-state index contributed by atoms with van der Waals surface area (Å²) < 4.78 is 27.5. The molecule has 0 saturated carbocycles. The fraction of sp³-hybridized carbons (Fsp3) is 0.267. The summed E-state index contributed by atoms with van der Waals surface area (Å²) in [6.45, 7) is -0.586. The lowest BCUT2D eigenvalue weighted by Gasteiger charge is -2.14. The number of imidazole rings is 1. The highest BCUT2D eigenvalue weighted by Gasteiger charge is 2.22. The molecule has 0 aliphatic heterocycles. The number of hydrogen-bond acceptors (Lipinski definition) is 5. The molecule has 0 aliphatic carbocycles. The van der Waals surface area contributed by atoms with Crippen molar-refractivity contribution < 1.29 is 23.1 Å². The number of sulfonamides is 1. The van der Waals surface area contributed by atoms with Crippen molar-refractivity contribution >= 4 is 21.9 Å². The molecule has 25 heavy (non-hydrogen) atoms. The van der Waals surface area contributed by atoms with E-state index in [-0.39, 0.29) is 11.4 Å². The molecule has 10 heteroatoms. The zero-order valence-electron chi connectivity index (χ0n) is 13.4. The standard InChI is InChI=1S/C15H18N4O5S/c1-19-9-14(16-10-19)25(23,24)17-8-13(20)18-12(15(21)22)7-11-5-3-2-4-6-11/h2-6,9-10,12,17H,7-8H2,1H3,(H,18,20)(H,21,22)/t12-/m1/s1. The molecule has 2 aromatic rings. The summed E-state index contributed by atoms with van der Waals surface area (Å²) >= 11 is 0. The van der Waals surface area contributed by atoms with E-state index in [1.54, 1.807) is 37.4 Å². The van der Waals surface area contributed by atoms with Crippen molar-refractivity contribution in [2.75, 3.05) is 6.54 Å². The Bertz CT molecular complexity index is 848. The van der Waals surface area contributed by atoms with Crippen molar-refractivity contribution in [2.24, 2.45) is 7.05 Å². The maximum absolute atomic E-state index is 12.0. The highest BCUT2D eigenvalue weighted by atomic mass is 32.2. The number of carboxylic acids is 1. The van der Waals surface area contributed by atoms with Gasteiger partial charge in [0, 0.05) is 19.7 Å². The first kappa shape index (κ1) is 18.6. The van der Waals surface area contributed by atoms with Gasteiger partial charge in [-0.15, -0.1) is 0 Å². The highest BCUT2D eigenvalue weighted by molar-refractivity contribution is 7.89. The number of aliphatic carboxylic acids is 1. The Kier molecular flexibility index (Phi) is 5.88. The summed E-state index contributed by atoms with van der Waals surface area (Å²) in [5, 5.41) is 11.3. The molecule has 1 aromatic heterocycles. The highest BCUT2D eigenvalue weighted by Crippen LogP contribution is 2.05. The van der Waals surface area contributed by atoms with Crippen LogP contribution in [-0.4, -0.2) is 47.5 Å². The molecule has 0 bridgehead atoms. The Morgan fingerprint density at radius 2 is 1.96 bits per heavy atom. The number of nitrogens with one attached hydrogen (secondary N) is 2. The summed E-state index contributed by atoms with van der Waals surface area (Å²) in [5.41, 5.74) is 0.740. The predicted octanol–water partition coefficient (Wildman–Crippen LogP) is -0.489. The molecule has 3 N–H and O–H groups in total. The van der Waals surface area contributed by atoms with E-state index in [1.165, 1.54) is 17.1 Å². The Morgan fingerprint density at radius 1 is 1.28 bits per heavy atom. The first-order valence-electron chi connectivity index (χ1n) is 7.31. The number of hydrogen-bond donors (Lipinski definition) is 3. The van der Waals surface area contributed by atoms with Crippen LogP contribution in [-0.2, 0) is 33.1 Å². The Hall–Kier alpha value is -2.72. The second-order valence-electron chi connectivity index (χ2n) is 5.35. The van der Waals surface area contributed by atoms with Gasteiger partial charge >= 0.3 is 5.97 Å². The molecule has 0 radical (unpaired) electrons. The number of benzene rings is 1. The van der Waals surface area contributed by atoms with Crippen molar-refractivity contribution in [3.05, 3.63) is 48.4 Å². The van der Waals surface area contributed by atoms with Gasteiger partial charge in [-0.2, -0.15) is 0 Å². The zero-order chi connectivity index (χ0) is 18.4. The summed E-state index contributed by atoms with van der Waals surface area (Å²) in [5.74, 6) is -1.95. The lowest BCUT2D eigenvalue weighted by Crippen LogP contribution is -2.46. The summed E-state index contributed by atoms with van der Waals surface area (Å²) in [7, 11) is -2.33. The van der Waals surface area contributed by atoms with Crippen molar-refractivity contribution in [3.63, 3.8) is 0 Å². The van der Waals surface area contributed by atoms with Gasteiger partial charge in [0.25, 0.3) is 10.0 Å². The van der Waals surface area contributed by atoms with Crippen molar-refractivity contribution in [2.45, 2.75) is 17.5 Å². The molecular weight excluding hydrogens is 348 g/mol. The molecule has 1 atom stereocenters. The van der Waals surface area contributed by atoms with Crippen LogP contribution in [0.25, 0.3) is 0 Å². The van der Waals surface area contributed by atoms with E-state index in [4.69, 9.17) is 0 Å². The Morgan fingerprint density at radius 3 is 2.52 bits per heavy atom. The average molecular weight is 366 g/mol. The fourth-order valence-corrected chi connectivity index (χ4v) is 3.02. The van der Waals surface area contributed by atoms with Crippen molar-refractivity contribution in [1.29, 1.82) is 0 Å². The van der Waals surface area contributed by atoms with Crippen molar-refractivity contribution in [3.8, 4) is 0 Å². The number of rotatable bonds is 8. The maximum atomic E-state index is 12.0. The van der Waals surface area contributed by atoms with Crippen LogP contribution in [0.2, 0.25) is 0 Å². The van der Waals surface area contributed by atoms with E-state index in [2.05, 4.69) is 15.0 Å². The van der Waals surface area contributed by atoms with Gasteiger partial charge in [0.1, 0.15) is 6.04 Å². The third kappa shape index (κ3) is 5.40. The molecule has 0 unspecified atom stereocenters. The minimum Gasteiger partial charge on any atom is -0.480 e. The molecule has 0 aliphatic rings. The van der Waals surface area contributed by atoms with E-state index in [0.29, 0.717) is 0 Å². The van der Waals surface area contributed by atoms with Crippen LogP contribution in [0.3, 0.4) is 0 Å². The maximum Gasteiger partial charge on any atom is 0.326 e. The van der Waals surface area contributed by atoms with Gasteiger partial charge in [0.15, 0.2) is 5.03 Å². The lowest BCUT2D eigenvalue weighted by atomic mass is 10.1. The van der Waals surface area contributed by atoms with Gasteiger partial charge in [0.05, 0.1) is 12.9 Å². The van der Waals surface area contributed by atoms with Gasteiger partial charge in [-0.3, -0.25) is 4.79 Å². The summed E-state index contributed by atoms with van der Waals surface area (Å²) in [6.07, 6.45) is 2.69. The largest absolute Gasteiger partial charge is 0.480 e. The van der Waals surface area contributed by atoms with E-state index in [0.717, 1.165) is 5.56 Å². The zero-order valence-corrected chi connectivity index (χ0v) is 14.2. The third-order valence-corrected chi connectivity index (χ3v) is 4.58. The van der Waals surface area contributed by atoms with Gasteiger partial charge in [0.2, 0.25) is 5.91 Å². The topological polar surface area (TPSA) is 130 Å². The van der Waals surface area contributed by atoms with E-state index >= 15 is 0 Å². The number of carboxylic acid groups (broad SMARTS) is 1. The van der Waals surface area contributed by atoms with Gasteiger partial charge < -0.3 is 15.0 Å². The lowest BCUT2D eigenvalue weighted by molar-refractivity contribution is -0.141. The van der Waals surface area contributed by atoms with Gasteiger partial charge in [-0.05, 0) is 5.56 Å². The van der Waals surface area contributed by atoms with Crippen molar-refractivity contribution in [1.82, 2.24) is 19.6 Å². The molecule has 0 fully saturated rings. The Balaban J connectivity index is 1.94. The molecule has 1 amide bonds. The average Bonchev–Trinajstić information content (AvgIpc) is 3.01. The number of aryl methyl sites for hydroxylation is 1. The van der Waals surface area contributed by atoms with Crippen LogP contribution in [0.5, 0.6) is 0 Å². The Labute approximate surface area is 144 Å². The molecule has 0 saturated heterocycles. The number of aromatic nitrogens is 2. The molecular formula is C15H18N4O5S. The summed E-state index contributed by atoms with van der Waals surface area (Å²) in [4.78, 5) is 26.9. The van der Waals surface area contributed by atoms with E-state index < -0.39 is 34.5 Å². The smallest absolute Gasteiger partial charge is 0.326 e. The monoisotopic (exact) mass is 366 g/mol. The molecule has 2 rings (SSSR count). The minimum atomic E-state index is -3.94. The van der Waals surface area contributed by atoms with Crippen LogP contribution in [0.15, 0.2) is 47.9 Å². The van der Waals surface area contributed by atoms with Crippen LogP contribution < -0.4 is 10.0 Å². The number of carbonyl (C=O) groups excluding carboxylic acids is 1. The first-order chi connectivity index (χ1) is 11.8. The van der Waals surface area contributed by atoms with Crippen LogP contribution in [0.4, 0.5) is 0 Å². The van der Waals surface area contributed by atoms with Gasteiger partial charge in [-0.1, -0.05) is 30.3 Å². The number of nitrogens with zero attached hydrogens (tertiary/aromatic N) is 2. The summed E-state index contributed by atoms with van der Waals surface area (Å²) in [6, 6.07) is 7.64. The second-order valence-corrected chi connectivity index (χ2v) is 7.06. The molecule has 134 valence electrons. The van der Waals surface area contributed by atoms with Gasteiger partial charge in [-0.25, -0.2) is 22.9 Å². The van der Waals surface area contributed by atoms with Crippen LogP contribution >= 0.6 is 0 Å². The second kappa shape index (κ2) is 7.90. The predicted molar refractivity (Wildman–Crippen MR) is 88.1 cm³/mol. The first-order valence-corrected chi connectivity index (χ1v) is 8.80. The quantitative estimate of drug-likeness (QED) is 0.578.